The number of hydrogen-bond acceptors (Lipinski definition) is 3. The molecule has 3 nitrogen and oxygen atoms in total. The van der Waals surface area contributed by atoms with Gasteiger partial charge in [0.2, 0.25) is 0 Å². The summed E-state index contributed by atoms with van der Waals surface area (Å²) in [6.07, 6.45) is 0.852. The molecule has 1 rings (SSSR count). The molecular formula is C11H15NO2. The maximum atomic E-state index is 11.2. The molecule has 0 aromatic heterocycles. The first-order valence-electron chi connectivity index (χ1n) is 4.63. The van der Waals surface area contributed by atoms with Crippen LogP contribution in [0.1, 0.15) is 35.3 Å². The number of nitrogens with two attached hydrogens (primary N) is 1. The molecule has 0 heterocycles. The molecule has 3 heteroatoms. The molecule has 0 amide bonds. The first-order chi connectivity index (χ1) is 6.69. The van der Waals surface area contributed by atoms with E-state index in [9.17, 15) is 4.79 Å². The lowest BCUT2D eigenvalue weighted by Gasteiger charge is -2.09. The van der Waals surface area contributed by atoms with Crippen molar-refractivity contribution in [3.8, 4) is 0 Å². The van der Waals surface area contributed by atoms with E-state index < -0.39 is 0 Å². The van der Waals surface area contributed by atoms with Crippen molar-refractivity contribution in [2.24, 2.45) is 5.73 Å². The van der Waals surface area contributed by atoms with E-state index in [1.165, 1.54) is 7.11 Å². The molecule has 0 saturated carbocycles. The average molecular weight is 193 g/mol. The average Bonchev–Trinajstić information content (AvgIpc) is 2.27. The Balaban J connectivity index is 2.95. The topological polar surface area (TPSA) is 52.3 Å². The van der Waals surface area contributed by atoms with E-state index in [1.807, 2.05) is 19.1 Å². The van der Waals surface area contributed by atoms with Gasteiger partial charge in [-0.25, -0.2) is 4.79 Å². The maximum Gasteiger partial charge on any atom is 0.337 e. The van der Waals surface area contributed by atoms with Crippen molar-refractivity contribution in [1.29, 1.82) is 0 Å². The van der Waals surface area contributed by atoms with Crippen LogP contribution in [0, 0.1) is 0 Å². The van der Waals surface area contributed by atoms with Crippen molar-refractivity contribution in [3.05, 3.63) is 35.4 Å². The molecule has 76 valence electrons. The minimum atomic E-state index is -0.324. The summed E-state index contributed by atoms with van der Waals surface area (Å²) in [5.41, 5.74) is 7.37. The van der Waals surface area contributed by atoms with Crippen molar-refractivity contribution >= 4 is 5.97 Å². The summed E-state index contributed by atoms with van der Waals surface area (Å²) in [6, 6.07) is 7.22. The first-order valence-corrected chi connectivity index (χ1v) is 4.63. The van der Waals surface area contributed by atoms with Gasteiger partial charge in [0.25, 0.3) is 0 Å². The van der Waals surface area contributed by atoms with E-state index in [1.54, 1.807) is 12.1 Å². The first kappa shape index (κ1) is 10.7. The third kappa shape index (κ3) is 2.33. The number of benzene rings is 1. The summed E-state index contributed by atoms with van der Waals surface area (Å²) in [6.45, 7) is 2.01. The fraction of sp³-hybridized carbons (Fsp3) is 0.364. The van der Waals surface area contributed by atoms with E-state index in [0.29, 0.717) is 5.56 Å². The molecule has 0 unspecified atom stereocenters. The normalized spacial score (nSPS) is 12.2. The van der Waals surface area contributed by atoms with Gasteiger partial charge in [0, 0.05) is 6.04 Å². The zero-order valence-electron chi connectivity index (χ0n) is 8.49. The third-order valence-corrected chi connectivity index (χ3v) is 2.18. The van der Waals surface area contributed by atoms with Crippen LogP contribution in [0.15, 0.2) is 24.3 Å². The van der Waals surface area contributed by atoms with Gasteiger partial charge in [-0.2, -0.15) is 0 Å². The highest BCUT2D eigenvalue weighted by molar-refractivity contribution is 5.89. The standard InChI is InChI=1S/C11H15NO2/c1-3-10(12)8-5-4-6-9(7-8)11(13)14-2/h4-7,10H,3,12H2,1-2H3/t10-/m0/s1. The molecule has 0 saturated heterocycles. The highest BCUT2D eigenvalue weighted by atomic mass is 16.5. The van der Waals surface area contributed by atoms with Crippen LogP contribution in [0.2, 0.25) is 0 Å². The summed E-state index contributed by atoms with van der Waals surface area (Å²) >= 11 is 0. The Hall–Kier alpha value is -1.35. The number of carbonyl (C=O) groups is 1. The molecule has 0 radical (unpaired) electrons. The monoisotopic (exact) mass is 193 g/mol. The van der Waals surface area contributed by atoms with Crippen LogP contribution in [0.4, 0.5) is 0 Å². The lowest BCUT2D eigenvalue weighted by molar-refractivity contribution is 0.0600. The smallest absolute Gasteiger partial charge is 0.337 e. The zero-order valence-corrected chi connectivity index (χ0v) is 8.49. The van der Waals surface area contributed by atoms with Gasteiger partial charge in [-0.3, -0.25) is 0 Å². The summed E-state index contributed by atoms with van der Waals surface area (Å²) in [5.74, 6) is -0.324. The van der Waals surface area contributed by atoms with Crippen LogP contribution < -0.4 is 5.73 Å². The summed E-state index contributed by atoms with van der Waals surface area (Å²) in [7, 11) is 1.37. The zero-order chi connectivity index (χ0) is 10.6. The fourth-order valence-electron chi connectivity index (χ4n) is 1.25. The van der Waals surface area contributed by atoms with Gasteiger partial charge < -0.3 is 10.5 Å². The van der Waals surface area contributed by atoms with Crippen LogP contribution in [0.25, 0.3) is 0 Å². The summed E-state index contributed by atoms with van der Waals surface area (Å²) in [5, 5.41) is 0. The Morgan fingerprint density at radius 2 is 2.29 bits per heavy atom. The van der Waals surface area contributed by atoms with Crippen LogP contribution in [0.3, 0.4) is 0 Å². The molecule has 0 spiro atoms. The summed E-state index contributed by atoms with van der Waals surface area (Å²) < 4.78 is 4.62. The Bertz CT molecular complexity index is 323. The predicted octanol–water partition coefficient (Wildman–Crippen LogP) is 1.88. The van der Waals surface area contributed by atoms with Crippen LogP contribution in [-0.2, 0) is 4.74 Å². The molecule has 1 aromatic carbocycles. The number of rotatable bonds is 3. The molecule has 0 bridgehead atoms. The van der Waals surface area contributed by atoms with Crippen molar-refractivity contribution in [1.82, 2.24) is 0 Å². The predicted molar refractivity (Wildman–Crippen MR) is 55.0 cm³/mol. The number of methoxy groups -OCH3 is 1. The van der Waals surface area contributed by atoms with Crippen LogP contribution in [0.5, 0.6) is 0 Å². The molecule has 0 fully saturated rings. The highest BCUT2D eigenvalue weighted by Gasteiger charge is 2.08. The number of hydrogen-bond donors (Lipinski definition) is 1. The van der Waals surface area contributed by atoms with Crippen molar-refractivity contribution in [2.45, 2.75) is 19.4 Å². The molecule has 1 aromatic rings. The van der Waals surface area contributed by atoms with Crippen LogP contribution in [-0.4, -0.2) is 13.1 Å². The van der Waals surface area contributed by atoms with E-state index in [4.69, 9.17) is 5.73 Å². The third-order valence-electron chi connectivity index (χ3n) is 2.18. The molecule has 0 aliphatic carbocycles. The second kappa shape index (κ2) is 4.77. The second-order valence-corrected chi connectivity index (χ2v) is 3.13. The van der Waals surface area contributed by atoms with E-state index in [-0.39, 0.29) is 12.0 Å². The molecule has 14 heavy (non-hydrogen) atoms. The number of carbonyl (C=O) groups excluding carboxylic acids is 1. The lowest BCUT2D eigenvalue weighted by atomic mass is 10.0. The van der Waals surface area contributed by atoms with Gasteiger partial charge in [-0.15, -0.1) is 0 Å². The van der Waals surface area contributed by atoms with E-state index in [0.717, 1.165) is 12.0 Å². The molecule has 2 N–H and O–H groups in total. The molecule has 0 aliphatic rings. The van der Waals surface area contributed by atoms with Gasteiger partial charge in [0.05, 0.1) is 12.7 Å². The molecule has 0 aliphatic heterocycles. The minimum Gasteiger partial charge on any atom is -0.465 e. The molecular weight excluding hydrogens is 178 g/mol. The second-order valence-electron chi connectivity index (χ2n) is 3.13. The Morgan fingerprint density at radius 3 is 2.86 bits per heavy atom. The van der Waals surface area contributed by atoms with Gasteiger partial charge in [-0.1, -0.05) is 19.1 Å². The SMILES string of the molecule is CC[C@H](N)c1cccc(C(=O)OC)c1. The summed E-state index contributed by atoms with van der Waals surface area (Å²) in [4.78, 5) is 11.2. The molecule has 1 atom stereocenters. The van der Waals surface area contributed by atoms with Crippen LogP contribution >= 0.6 is 0 Å². The number of esters is 1. The minimum absolute atomic E-state index is 0.0143. The fourth-order valence-corrected chi connectivity index (χ4v) is 1.25. The Kier molecular flexibility index (Phi) is 3.65. The van der Waals surface area contributed by atoms with Gasteiger partial charge in [-0.05, 0) is 24.1 Å². The van der Waals surface area contributed by atoms with Crippen molar-refractivity contribution < 1.29 is 9.53 Å². The van der Waals surface area contributed by atoms with E-state index >= 15 is 0 Å². The van der Waals surface area contributed by atoms with Gasteiger partial charge in [0.15, 0.2) is 0 Å². The van der Waals surface area contributed by atoms with Gasteiger partial charge in [0.1, 0.15) is 0 Å². The van der Waals surface area contributed by atoms with Crippen molar-refractivity contribution in [3.63, 3.8) is 0 Å². The van der Waals surface area contributed by atoms with E-state index in [2.05, 4.69) is 4.74 Å². The maximum absolute atomic E-state index is 11.2. The quantitative estimate of drug-likeness (QED) is 0.746. The highest BCUT2D eigenvalue weighted by Crippen LogP contribution is 2.15. The van der Waals surface area contributed by atoms with Gasteiger partial charge >= 0.3 is 5.97 Å². The Labute approximate surface area is 83.9 Å². The van der Waals surface area contributed by atoms with Crippen molar-refractivity contribution in [2.75, 3.05) is 7.11 Å². The number of ether oxygens (including phenoxy) is 1. The lowest BCUT2D eigenvalue weighted by Crippen LogP contribution is -2.10. The Morgan fingerprint density at radius 1 is 1.57 bits per heavy atom. The largest absolute Gasteiger partial charge is 0.465 e.